The highest BCUT2D eigenvalue weighted by atomic mass is 16.6. The summed E-state index contributed by atoms with van der Waals surface area (Å²) in [6.45, 7) is 1.48. The van der Waals surface area contributed by atoms with Gasteiger partial charge in [0, 0.05) is 35.7 Å². The Kier molecular flexibility index (Phi) is 5.80. The zero-order valence-corrected chi connectivity index (χ0v) is 13.7. The van der Waals surface area contributed by atoms with Gasteiger partial charge in [0.05, 0.1) is 4.92 Å². The van der Waals surface area contributed by atoms with E-state index in [4.69, 9.17) is 4.74 Å². The Morgan fingerprint density at radius 1 is 1.08 bits per heavy atom. The second kappa shape index (κ2) is 8.02. The van der Waals surface area contributed by atoms with Crippen molar-refractivity contribution in [2.75, 3.05) is 24.4 Å². The number of ether oxygens (including phenoxy) is 1. The first-order valence-corrected chi connectivity index (χ1v) is 7.36. The molecule has 0 saturated heterocycles. The number of nitro benzene ring substituents is 1. The van der Waals surface area contributed by atoms with Crippen LogP contribution in [0.3, 0.4) is 0 Å². The standard InChI is InChI=1S/C17H17N3O5/c1-11-14(4-3-5-15(11)20(23)24)17(22)19-13-8-6-12(7-9-13)18-16(21)10-25-2/h3-9H,10H2,1-2H3,(H,18,21)(H,19,22). The number of carbonyl (C=O) groups is 2. The van der Waals surface area contributed by atoms with E-state index in [1.54, 1.807) is 24.3 Å². The van der Waals surface area contributed by atoms with Gasteiger partial charge in [-0.05, 0) is 37.3 Å². The highest BCUT2D eigenvalue weighted by molar-refractivity contribution is 6.06. The first-order chi connectivity index (χ1) is 11.9. The van der Waals surface area contributed by atoms with Gasteiger partial charge in [-0.1, -0.05) is 6.07 Å². The Hall–Kier alpha value is -3.26. The lowest BCUT2D eigenvalue weighted by molar-refractivity contribution is -0.385. The number of benzene rings is 2. The summed E-state index contributed by atoms with van der Waals surface area (Å²) in [7, 11) is 1.42. The van der Waals surface area contributed by atoms with Crippen LogP contribution < -0.4 is 10.6 Å². The van der Waals surface area contributed by atoms with E-state index in [1.165, 1.54) is 32.2 Å². The second-order valence-corrected chi connectivity index (χ2v) is 5.22. The van der Waals surface area contributed by atoms with E-state index in [2.05, 4.69) is 10.6 Å². The number of methoxy groups -OCH3 is 1. The molecule has 0 aliphatic rings. The fourth-order valence-corrected chi connectivity index (χ4v) is 2.23. The van der Waals surface area contributed by atoms with Crippen LogP contribution in [0.1, 0.15) is 15.9 Å². The van der Waals surface area contributed by atoms with Crippen molar-refractivity contribution >= 4 is 28.9 Å². The highest BCUT2D eigenvalue weighted by Crippen LogP contribution is 2.22. The summed E-state index contributed by atoms with van der Waals surface area (Å²) < 4.78 is 4.72. The van der Waals surface area contributed by atoms with Gasteiger partial charge < -0.3 is 15.4 Å². The summed E-state index contributed by atoms with van der Waals surface area (Å²) in [5, 5.41) is 16.3. The number of hydrogen-bond acceptors (Lipinski definition) is 5. The number of rotatable bonds is 6. The van der Waals surface area contributed by atoms with E-state index < -0.39 is 10.8 Å². The maximum absolute atomic E-state index is 12.3. The van der Waals surface area contributed by atoms with Gasteiger partial charge in [-0.2, -0.15) is 0 Å². The molecule has 0 atom stereocenters. The van der Waals surface area contributed by atoms with Crippen molar-refractivity contribution in [3.63, 3.8) is 0 Å². The van der Waals surface area contributed by atoms with E-state index in [-0.39, 0.29) is 23.8 Å². The molecule has 0 bridgehead atoms. The molecule has 2 amide bonds. The van der Waals surface area contributed by atoms with Crippen molar-refractivity contribution in [3.8, 4) is 0 Å². The molecule has 0 unspecified atom stereocenters. The van der Waals surface area contributed by atoms with Crippen LogP contribution in [-0.4, -0.2) is 30.5 Å². The zero-order valence-electron chi connectivity index (χ0n) is 13.7. The Morgan fingerprint density at radius 3 is 2.24 bits per heavy atom. The van der Waals surface area contributed by atoms with Crippen molar-refractivity contribution in [1.29, 1.82) is 0 Å². The van der Waals surface area contributed by atoms with Crippen LogP contribution in [0.5, 0.6) is 0 Å². The van der Waals surface area contributed by atoms with Gasteiger partial charge in [-0.15, -0.1) is 0 Å². The number of nitrogens with zero attached hydrogens (tertiary/aromatic N) is 1. The molecule has 0 aliphatic heterocycles. The molecule has 8 heteroatoms. The van der Waals surface area contributed by atoms with Crippen LogP contribution >= 0.6 is 0 Å². The zero-order chi connectivity index (χ0) is 18.4. The van der Waals surface area contributed by atoms with Gasteiger partial charge in [-0.25, -0.2) is 0 Å². The van der Waals surface area contributed by atoms with Gasteiger partial charge >= 0.3 is 0 Å². The summed E-state index contributed by atoms with van der Waals surface area (Å²) in [4.78, 5) is 34.2. The van der Waals surface area contributed by atoms with Crippen molar-refractivity contribution in [1.82, 2.24) is 0 Å². The number of hydrogen-bond donors (Lipinski definition) is 2. The van der Waals surface area contributed by atoms with Gasteiger partial charge in [0.15, 0.2) is 0 Å². The molecule has 0 aromatic heterocycles. The third kappa shape index (κ3) is 4.61. The van der Waals surface area contributed by atoms with Gasteiger partial charge in [0.1, 0.15) is 6.61 Å². The number of nitro groups is 1. The largest absolute Gasteiger partial charge is 0.375 e. The molecule has 130 valence electrons. The minimum absolute atomic E-state index is 0.0510. The lowest BCUT2D eigenvalue weighted by Crippen LogP contribution is -2.17. The maximum Gasteiger partial charge on any atom is 0.273 e. The van der Waals surface area contributed by atoms with Crippen LogP contribution in [0.15, 0.2) is 42.5 Å². The fourth-order valence-electron chi connectivity index (χ4n) is 2.23. The predicted octanol–water partition coefficient (Wildman–Crippen LogP) is 2.74. The first-order valence-electron chi connectivity index (χ1n) is 7.36. The second-order valence-electron chi connectivity index (χ2n) is 5.22. The molecule has 0 spiro atoms. The van der Waals surface area contributed by atoms with E-state index in [0.29, 0.717) is 16.9 Å². The van der Waals surface area contributed by atoms with Crippen molar-refractivity contribution in [2.24, 2.45) is 0 Å². The maximum atomic E-state index is 12.3. The van der Waals surface area contributed by atoms with E-state index in [0.717, 1.165) is 0 Å². The molecular weight excluding hydrogens is 326 g/mol. The van der Waals surface area contributed by atoms with Gasteiger partial charge in [-0.3, -0.25) is 19.7 Å². The van der Waals surface area contributed by atoms with Gasteiger partial charge in [0.25, 0.3) is 11.6 Å². The molecule has 0 heterocycles. The minimum Gasteiger partial charge on any atom is -0.375 e. The molecule has 0 saturated carbocycles. The monoisotopic (exact) mass is 343 g/mol. The molecule has 2 rings (SSSR count). The summed E-state index contributed by atoms with van der Waals surface area (Å²) in [5.74, 6) is -0.733. The lowest BCUT2D eigenvalue weighted by atomic mass is 10.1. The van der Waals surface area contributed by atoms with Crippen LogP contribution in [0.25, 0.3) is 0 Å². The average molecular weight is 343 g/mol. The third-order valence-corrected chi connectivity index (χ3v) is 3.45. The fraction of sp³-hybridized carbons (Fsp3) is 0.176. The molecule has 0 aliphatic carbocycles. The van der Waals surface area contributed by atoms with Crippen LogP contribution in [0.4, 0.5) is 17.1 Å². The molecule has 2 aromatic carbocycles. The summed E-state index contributed by atoms with van der Waals surface area (Å²) in [6, 6.07) is 10.8. The number of amides is 2. The van der Waals surface area contributed by atoms with E-state index >= 15 is 0 Å². The number of anilines is 2. The highest BCUT2D eigenvalue weighted by Gasteiger charge is 2.18. The van der Waals surface area contributed by atoms with Crippen molar-refractivity contribution in [3.05, 3.63) is 63.7 Å². The van der Waals surface area contributed by atoms with Crippen molar-refractivity contribution < 1.29 is 19.2 Å². The first kappa shape index (κ1) is 18.1. The average Bonchev–Trinajstić information content (AvgIpc) is 2.56. The van der Waals surface area contributed by atoms with E-state index in [9.17, 15) is 19.7 Å². The smallest absolute Gasteiger partial charge is 0.273 e. The van der Waals surface area contributed by atoms with E-state index in [1.807, 2.05) is 0 Å². The SMILES string of the molecule is COCC(=O)Nc1ccc(NC(=O)c2cccc([N+](=O)[O-])c2C)cc1. The Bertz CT molecular complexity index is 802. The van der Waals surface area contributed by atoms with Crippen LogP contribution in [0.2, 0.25) is 0 Å². The molecule has 8 nitrogen and oxygen atoms in total. The normalized spacial score (nSPS) is 10.2. The predicted molar refractivity (Wildman–Crippen MR) is 92.7 cm³/mol. The molecule has 0 radical (unpaired) electrons. The molecule has 25 heavy (non-hydrogen) atoms. The Labute approximate surface area is 144 Å². The molecule has 0 fully saturated rings. The van der Waals surface area contributed by atoms with Crippen molar-refractivity contribution in [2.45, 2.75) is 6.92 Å². The molecular formula is C17H17N3O5. The Morgan fingerprint density at radius 2 is 1.68 bits per heavy atom. The van der Waals surface area contributed by atoms with Crippen LogP contribution in [-0.2, 0) is 9.53 Å². The number of carbonyl (C=O) groups excluding carboxylic acids is 2. The summed E-state index contributed by atoms with van der Waals surface area (Å²) in [6.07, 6.45) is 0. The lowest BCUT2D eigenvalue weighted by Gasteiger charge is -2.09. The minimum atomic E-state index is -0.524. The summed E-state index contributed by atoms with van der Waals surface area (Å²) in [5.41, 5.74) is 1.48. The number of nitrogens with one attached hydrogen (secondary N) is 2. The Balaban J connectivity index is 2.10. The third-order valence-electron chi connectivity index (χ3n) is 3.45. The quantitative estimate of drug-likeness (QED) is 0.619. The molecule has 2 N–H and O–H groups in total. The molecule has 2 aromatic rings. The van der Waals surface area contributed by atoms with Gasteiger partial charge in [0.2, 0.25) is 5.91 Å². The summed E-state index contributed by atoms with van der Waals surface area (Å²) >= 11 is 0. The van der Waals surface area contributed by atoms with Crippen LogP contribution in [0, 0.1) is 17.0 Å². The topological polar surface area (TPSA) is 111 Å².